The molecule has 0 aliphatic carbocycles. The summed E-state index contributed by atoms with van der Waals surface area (Å²) in [6.45, 7) is 10.5. The fourth-order valence-electron chi connectivity index (χ4n) is 3.80. The second-order valence-electron chi connectivity index (χ2n) is 7.88. The predicted octanol–water partition coefficient (Wildman–Crippen LogP) is 3.98. The molecule has 3 heterocycles. The summed E-state index contributed by atoms with van der Waals surface area (Å²) in [5.41, 5.74) is 2.11. The van der Waals surface area contributed by atoms with Crippen molar-refractivity contribution in [1.29, 1.82) is 0 Å². The van der Waals surface area contributed by atoms with Crippen molar-refractivity contribution < 1.29 is 9.21 Å². The molecule has 4 rings (SSSR count). The van der Waals surface area contributed by atoms with Gasteiger partial charge in [-0.25, -0.2) is 0 Å². The van der Waals surface area contributed by atoms with E-state index in [9.17, 15) is 4.79 Å². The van der Waals surface area contributed by atoms with E-state index < -0.39 is 0 Å². The van der Waals surface area contributed by atoms with E-state index in [-0.39, 0.29) is 5.91 Å². The molecule has 33 heavy (non-hydrogen) atoms. The zero-order chi connectivity index (χ0) is 23.0. The molecule has 1 amide bonds. The molecule has 2 aromatic heterocycles. The molecule has 1 saturated heterocycles. The minimum absolute atomic E-state index is 0.133. The fraction of sp³-hybridized carbons (Fsp3) is 0.320. The third-order valence-corrected chi connectivity index (χ3v) is 6.60. The zero-order valence-electron chi connectivity index (χ0n) is 18.9. The lowest BCUT2D eigenvalue weighted by Crippen LogP contribution is -2.49. The SMILES string of the molecule is C=CCn1c(SCC(=O)N2CCN(C/C=C/c3ccccc3)CC2)nnc1-c1ccoc1C. The molecule has 1 aromatic carbocycles. The first-order valence-electron chi connectivity index (χ1n) is 11.1. The van der Waals surface area contributed by atoms with Crippen molar-refractivity contribution in [3.63, 3.8) is 0 Å². The maximum absolute atomic E-state index is 12.8. The topological polar surface area (TPSA) is 67.4 Å². The molecule has 8 heteroatoms. The molecular weight excluding hydrogens is 434 g/mol. The maximum Gasteiger partial charge on any atom is 0.233 e. The lowest BCUT2D eigenvalue weighted by molar-refractivity contribution is -0.130. The summed E-state index contributed by atoms with van der Waals surface area (Å²) in [6, 6.07) is 12.2. The number of benzene rings is 1. The maximum atomic E-state index is 12.8. The molecule has 172 valence electrons. The molecule has 0 unspecified atom stereocenters. The monoisotopic (exact) mass is 463 g/mol. The molecule has 0 radical (unpaired) electrons. The number of amides is 1. The highest BCUT2D eigenvalue weighted by Gasteiger charge is 2.22. The Kier molecular flexibility index (Phi) is 7.80. The fourth-order valence-corrected chi connectivity index (χ4v) is 4.66. The van der Waals surface area contributed by atoms with E-state index in [1.807, 2.05) is 40.7 Å². The van der Waals surface area contributed by atoms with Crippen LogP contribution in [0.1, 0.15) is 11.3 Å². The summed E-state index contributed by atoms with van der Waals surface area (Å²) >= 11 is 1.42. The molecule has 3 aromatic rings. The van der Waals surface area contributed by atoms with Crippen molar-refractivity contribution in [2.45, 2.75) is 18.6 Å². The number of furan rings is 1. The second kappa shape index (κ2) is 11.2. The van der Waals surface area contributed by atoms with Crippen LogP contribution < -0.4 is 0 Å². The first-order chi connectivity index (χ1) is 16.2. The summed E-state index contributed by atoms with van der Waals surface area (Å²) in [4.78, 5) is 17.1. The van der Waals surface area contributed by atoms with E-state index in [0.29, 0.717) is 17.5 Å². The number of hydrogen-bond acceptors (Lipinski definition) is 6. The van der Waals surface area contributed by atoms with Gasteiger partial charge in [0, 0.05) is 39.3 Å². The number of carbonyl (C=O) groups is 1. The molecule has 1 fully saturated rings. The van der Waals surface area contributed by atoms with Crippen LogP contribution in [0.3, 0.4) is 0 Å². The average molecular weight is 464 g/mol. The highest BCUT2D eigenvalue weighted by atomic mass is 32.2. The lowest BCUT2D eigenvalue weighted by Gasteiger charge is -2.34. The largest absolute Gasteiger partial charge is 0.469 e. The first-order valence-corrected chi connectivity index (χ1v) is 12.1. The van der Waals surface area contributed by atoms with Crippen LogP contribution in [-0.4, -0.2) is 68.9 Å². The van der Waals surface area contributed by atoms with Crippen LogP contribution in [-0.2, 0) is 11.3 Å². The lowest BCUT2D eigenvalue weighted by atomic mass is 10.2. The highest BCUT2D eigenvalue weighted by molar-refractivity contribution is 7.99. The minimum atomic E-state index is 0.133. The van der Waals surface area contributed by atoms with Crippen LogP contribution in [0.2, 0.25) is 0 Å². The van der Waals surface area contributed by atoms with Crippen molar-refractivity contribution in [2.75, 3.05) is 38.5 Å². The van der Waals surface area contributed by atoms with Gasteiger partial charge in [-0.2, -0.15) is 0 Å². The number of aryl methyl sites for hydroxylation is 1. The highest BCUT2D eigenvalue weighted by Crippen LogP contribution is 2.27. The Labute approximate surface area is 198 Å². The van der Waals surface area contributed by atoms with E-state index in [4.69, 9.17) is 4.42 Å². The summed E-state index contributed by atoms with van der Waals surface area (Å²) < 4.78 is 7.38. The molecule has 7 nitrogen and oxygen atoms in total. The molecule has 0 spiro atoms. The van der Waals surface area contributed by atoms with Crippen LogP contribution in [0.5, 0.6) is 0 Å². The minimum Gasteiger partial charge on any atom is -0.469 e. The Balaban J connectivity index is 1.28. The van der Waals surface area contributed by atoms with Gasteiger partial charge in [-0.3, -0.25) is 14.3 Å². The summed E-state index contributed by atoms with van der Waals surface area (Å²) in [5, 5.41) is 9.37. The molecule has 0 atom stereocenters. The standard InChI is InChI=1S/C25H29N5O2S/c1-3-12-30-24(22-11-18-32-20(22)2)26-27-25(30)33-19-23(31)29-16-14-28(15-17-29)13-7-10-21-8-5-4-6-9-21/h3-11,18H,1,12-17,19H2,2H3/b10-7+. The molecule has 0 N–H and O–H groups in total. The Bertz CT molecular complexity index is 1100. The van der Waals surface area contributed by atoms with Crippen LogP contribution in [0.25, 0.3) is 17.5 Å². The Hall–Kier alpha value is -3.10. The number of hydrogen-bond donors (Lipinski definition) is 0. The van der Waals surface area contributed by atoms with Crippen LogP contribution in [0, 0.1) is 6.92 Å². The predicted molar refractivity (Wildman–Crippen MR) is 132 cm³/mol. The van der Waals surface area contributed by atoms with Gasteiger partial charge in [0.2, 0.25) is 5.91 Å². The summed E-state index contributed by atoms with van der Waals surface area (Å²) in [6.07, 6.45) is 7.78. The van der Waals surface area contributed by atoms with E-state index in [2.05, 4.69) is 46.0 Å². The van der Waals surface area contributed by atoms with Gasteiger partial charge in [-0.05, 0) is 18.6 Å². The van der Waals surface area contributed by atoms with E-state index in [0.717, 1.165) is 49.9 Å². The smallest absolute Gasteiger partial charge is 0.233 e. The number of nitrogens with zero attached hydrogens (tertiary/aromatic N) is 5. The van der Waals surface area contributed by atoms with Gasteiger partial charge in [0.1, 0.15) is 5.76 Å². The number of aromatic nitrogens is 3. The number of thioether (sulfide) groups is 1. The van der Waals surface area contributed by atoms with Gasteiger partial charge < -0.3 is 9.32 Å². The quantitative estimate of drug-likeness (QED) is 0.353. The van der Waals surface area contributed by atoms with Crippen molar-refractivity contribution in [2.24, 2.45) is 0 Å². The van der Waals surface area contributed by atoms with Crippen molar-refractivity contribution >= 4 is 23.7 Å². The second-order valence-corrected chi connectivity index (χ2v) is 8.82. The average Bonchev–Trinajstić information content (AvgIpc) is 3.44. The number of allylic oxidation sites excluding steroid dienone is 1. The van der Waals surface area contributed by atoms with Gasteiger partial charge in [-0.1, -0.05) is 60.3 Å². The van der Waals surface area contributed by atoms with Crippen molar-refractivity contribution in [3.8, 4) is 11.4 Å². The van der Waals surface area contributed by atoms with Gasteiger partial charge in [0.15, 0.2) is 11.0 Å². The van der Waals surface area contributed by atoms with Crippen LogP contribution in [0.4, 0.5) is 0 Å². The Morgan fingerprint density at radius 1 is 1.12 bits per heavy atom. The van der Waals surface area contributed by atoms with Gasteiger partial charge >= 0.3 is 0 Å². The summed E-state index contributed by atoms with van der Waals surface area (Å²) in [5.74, 6) is 1.99. The number of piperazine rings is 1. The normalized spacial score (nSPS) is 14.8. The third-order valence-electron chi connectivity index (χ3n) is 5.65. The number of carbonyl (C=O) groups excluding carboxylic acids is 1. The molecular formula is C25H29N5O2S. The molecule has 0 bridgehead atoms. The van der Waals surface area contributed by atoms with Crippen molar-refractivity contribution in [3.05, 3.63) is 72.7 Å². The third kappa shape index (κ3) is 5.83. The van der Waals surface area contributed by atoms with Crippen LogP contribution in [0.15, 0.2) is 71.0 Å². The molecule has 1 aliphatic heterocycles. The van der Waals surface area contributed by atoms with Gasteiger partial charge in [-0.15, -0.1) is 16.8 Å². The van der Waals surface area contributed by atoms with E-state index >= 15 is 0 Å². The number of rotatable bonds is 9. The molecule has 0 saturated carbocycles. The van der Waals surface area contributed by atoms with Crippen molar-refractivity contribution in [1.82, 2.24) is 24.6 Å². The Morgan fingerprint density at radius 2 is 1.91 bits per heavy atom. The van der Waals surface area contributed by atoms with E-state index in [1.54, 1.807) is 12.3 Å². The molecule has 1 aliphatic rings. The zero-order valence-corrected chi connectivity index (χ0v) is 19.7. The van der Waals surface area contributed by atoms with E-state index in [1.165, 1.54) is 17.3 Å². The van der Waals surface area contributed by atoms with Crippen LogP contribution >= 0.6 is 11.8 Å². The summed E-state index contributed by atoms with van der Waals surface area (Å²) in [7, 11) is 0. The Morgan fingerprint density at radius 3 is 2.61 bits per heavy atom. The first kappa shape index (κ1) is 23.1. The van der Waals surface area contributed by atoms with Gasteiger partial charge in [0.25, 0.3) is 0 Å². The van der Waals surface area contributed by atoms with Gasteiger partial charge in [0.05, 0.1) is 17.6 Å².